The lowest BCUT2D eigenvalue weighted by molar-refractivity contribution is 0.318. The maximum atomic E-state index is 11.6. The second kappa shape index (κ2) is 6.10. The molecule has 0 aliphatic carbocycles. The molecule has 21 heavy (non-hydrogen) atoms. The van der Waals surface area contributed by atoms with Crippen LogP contribution in [0.2, 0.25) is 0 Å². The van der Waals surface area contributed by atoms with Gasteiger partial charge in [0.2, 0.25) is 0 Å². The monoisotopic (exact) mass is 303 g/mol. The molecule has 0 fully saturated rings. The van der Waals surface area contributed by atoms with Crippen molar-refractivity contribution in [2.75, 3.05) is 6.26 Å². The van der Waals surface area contributed by atoms with Gasteiger partial charge in [-0.2, -0.15) is 0 Å². The average molecular weight is 303 g/mol. The molecule has 0 saturated heterocycles. The normalized spacial score (nSPS) is 13.9. The van der Waals surface area contributed by atoms with Gasteiger partial charge in [-0.1, -0.05) is 59.8 Å². The van der Waals surface area contributed by atoms with Gasteiger partial charge in [0.25, 0.3) is 0 Å². The van der Waals surface area contributed by atoms with Gasteiger partial charge in [-0.05, 0) is 18.1 Å². The fraction of sp³-hybridized carbons (Fsp3) is 0.188. The van der Waals surface area contributed by atoms with Gasteiger partial charge in [0, 0.05) is 11.8 Å². The van der Waals surface area contributed by atoms with Crippen LogP contribution in [0, 0.1) is 0 Å². The molecule has 0 unspecified atom stereocenters. The van der Waals surface area contributed by atoms with Gasteiger partial charge in [-0.25, -0.2) is 8.42 Å². The summed E-state index contributed by atoms with van der Waals surface area (Å²) in [5.74, 6) is 0. The van der Waals surface area contributed by atoms with Crippen molar-refractivity contribution >= 4 is 15.5 Å². The first kappa shape index (κ1) is 15.3. The van der Waals surface area contributed by atoms with Crippen molar-refractivity contribution < 1.29 is 13.6 Å². The van der Waals surface area contributed by atoms with Crippen LogP contribution in [0.1, 0.15) is 12.5 Å². The van der Waals surface area contributed by atoms with E-state index in [0.717, 1.165) is 17.4 Å². The molecule has 0 spiro atoms. The van der Waals surface area contributed by atoms with Crippen molar-refractivity contribution in [3.63, 3.8) is 0 Å². The predicted octanol–water partition coefficient (Wildman–Crippen LogP) is 2.97. The maximum absolute atomic E-state index is 11.6. The Labute approximate surface area is 124 Å². The molecule has 1 atom stereocenters. The van der Waals surface area contributed by atoms with Gasteiger partial charge in [-0.3, -0.25) is 0 Å². The van der Waals surface area contributed by atoms with Crippen LogP contribution < -0.4 is 0 Å². The molecule has 0 aliphatic heterocycles. The fourth-order valence-electron chi connectivity index (χ4n) is 2.04. The first-order chi connectivity index (χ1) is 9.93. The van der Waals surface area contributed by atoms with E-state index in [2.05, 4.69) is 5.16 Å². The molecule has 2 aromatic carbocycles. The Bertz CT molecular complexity index is 735. The van der Waals surface area contributed by atoms with Crippen LogP contribution in [0.25, 0.3) is 11.1 Å². The van der Waals surface area contributed by atoms with E-state index in [-0.39, 0.29) is 5.71 Å². The highest BCUT2D eigenvalue weighted by atomic mass is 32.2. The van der Waals surface area contributed by atoms with Gasteiger partial charge in [0.1, 0.15) is 11.0 Å². The molecule has 1 N–H and O–H groups in total. The van der Waals surface area contributed by atoms with Crippen molar-refractivity contribution in [1.82, 2.24) is 0 Å². The van der Waals surface area contributed by atoms with Crippen LogP contribution >= 0.6 is 0 Å². The standard InChI is InChI=1S/C16H17NO3S/c1-12(21(2,19)20)16(17-18)15-10-8-14(9-11-15)13-6-4-3-5-7-13/h3-12,18H,1-2H3/b17-16+/t12-/m1/s1. The minimum Gasteiger partial charge on any atom is -0.411 e. The van der Waals surface area contributed by atoms with E-state index in [0.29, 0.717) is 5.56 Å². The van der Waals surface area contributed by atoms with E-state index in [1.165, 1.54) is 6.92 Å². The van der Waals surface area contributed by atoms with Crippen molar-refractivity contribution in [3.8, 4) is 11.1 Å². The Morgan fingerprint density at radius 2 is 1.52 bits per heavy atom. The molecular weight excluding hydrogens is 286 g/mol. The largest absolute Gasteiger partial charge is 0.411 e. The minimum absolute atomic E-state index is 0.150. The lowest BCUT2D eigenvalue weighted by Crippen LogP contribution is -2.27. The molecule has 0 radical (unpaired) electrons. The highest BCUT2D eigenvalue weighted by Gasteiger charge is 2.23. The summed E-state index contributed by atoms with van der Waals surface area (Å²) in [5.41, 5.74) is 2.83. The number of oxime groups is 1. The Kier molecular flexibility index (Phi) is 4.43. The van der Waals surface area contributed by atoms with Gasteiger partial charge in [0.15, 0.2) is 9.84 Å². The predicted molar refractivity (Wildman–Crippen MR) is 84.5 cm³/mol. The molecule has 0 aliphatic rings. The van der Waals surface area contributed by atoms with Gasteiger partial charge >= 0.3 is 0 Å². The summed E-state index contributed by atoms with van der Waals surface area (Å²) in [6, 6.07) is 17.1. The van der Waals surface area contributed by atoms with E-state index in [1.807, 2.05) is 42.5 Å². The van der Waals surface area contributed by atoms with Crippen LogP contribution in [0.4, 0.5) is 0 Å². The van der Waals surface area contributed by atoms with E-state index in [4.69, 9.17) is 5.21 Å². The number of rotatable bonds is 4. The third-order valence-corrected chi connectivity index (χ3v) is 4.93. The third kappa shape index (κ3) is 3.49. The summed E-state index contributed by atoms with van der Waals surface area (Å²) in [4.78, 5) is 0. The molecule has 0 aromatic heterocycles. The third-order valence-electron chi connectivity index (χ3n) is 3.42. The smallest absolute Gasteiger partial charge is 0.155 e. The number of hydrogen-bond donors (Lipinski definition) is 1. The van der Waals surface area contributed by atoms with Crippen molar-refractivity contribution in [2.24, 2.45) is 5.16 Å². The SMILES string of the molecule is C[C@H](/C(=N\O)c1ccc(-c2ccccc2)cc1)S(C)(=O)=O. The Morgan fingerprint density at radius 1 is 1.00 bits per heavy atom. The Hall–Kier alpha value is -2.14. The molecular formula is C16H17NO3S. The molecule has 0 heterocycles. The molecule has 0 bridgehead atoms. The Morgan fingerprint density at radius 3 is 2.00 bits per heavy atom. The maximum Gasteiger partial charge on any atom is 0.155 e. The number of hydrogen-bond acceptors (Lipinski definition) is 4. The number of sulfone groups is 1. The summed E-state index contributed by atoms with van der Waals surface area (Å²) in [6.45, 7) is 1.51. The molecule has 0 saturated carbocycles. The van der Waals surface area contributed by atoms with E-state index in [1.54, 1.807) is 12.1 Å². The molecule has 110 valence electrons. The second-order valence-corrected chi connectivity index (χ2v) is 7.27. The van der Waals surface area contributed by atoms with Gasteiger partial charge in [0.05, 0.1) is 0 Å². The van der Waals surface area contributed by atoms with E-state index in [9.17, 15) is 8.42 Å². The van der Waals surface area contributed by atoms with Crippen LogP contribution in [0.5, 0.6) is 0 Å². The van der Waals surface area contributed by atoms with Crippen molar-refractivity contribution in [1.29, 1.82) is 0 Å². The first-order valence-electron chi connectivity index (χ1n) is 6.50. The topological polar surface area (TPSA) is 66.7 Å². The molecule has 5 heteroatoms. The Balaban J connectivity index is 2.35. The van der Waals surface area contributed by atoms with Crippen LogP contribution in [0.3, 0.4) is 0 Å². The lowest BCUT2D eigenvalue weighted by Gasteiger charge is -2.12. The molecule has 2 aromatic rings. The zero-order valence-electron chi connectivity index (χ0n) is 11.9. The highest BCUT2D eigenvalue weighted by molar-refractivity contribution is 7.92. The zero-order valence-corrected chi connectivity index (χ0v) is 12.7. The fourth-order valence-corrected chi connectivity index (χ4v) is 2.63. The van der Waals surface area contributed by atoms with E-state index >= 15 is 0 Å². The lowest BCUT2D eigenvalue weighted by atomic mass is 10.0. The van der Waals surface area contributed by atoms with Crippen LogP contribution in [-0.2, 0) is 9.84 Å². The van der Waals surface area contributed by atoms with Gasteiger partial charge in [-0.15, -0.1) is 0 Å². The van der Waals surface area contributed by atoms with Crippen molar-refractivity contribution in [2.45, 2.75) is 12.2 Å². The van der Waals surface area contributed by atoms with Crippen LogP contribution in [0.15, 0.2) is 59.8 Å². The number of benzene rings is 2. The number of nitrogens with zero attached hydrogens (tertiary/aromatic N) is 1. The first-order valence-corrected chi connectivity index (χ1v) is 8.45. The summed E-state index contributed by atoms with van der Waals surface area (Å²) in [6.07, 6.45) is 1.13. The molecule has 4 nitrogen and oxygen atoms in total. The summed E-state index contributed by atoms with van der Waals surface area (Å²) >= 11 is 0. The van der Waals surface area contributed by atoms with Gasteiger partial charge < -0.3 is 5.21 Å². The van der Waals surface area contributed by atoms with E-state index < -0.39 is 15.1 Å². The molecule has 2 rings (SSSR count). The highest BCUT2D eigenvalue weighted by Crippen LogP contribution is 2.20. The minimum atomic E-state index is -3.32. The van der Waals surface area contributed by atoms with Crippen LogP contribution in [-0.4, -0.2) is 30.8 Å². The summed E-state index contributed by atoms with van der Waals surface area (Å²) in [5, 5.41) is 11.4. The second-order valence-electron chi connectivity index (χ2n) is 4.90. The zero-order chi connectivity index (χ0) is 15.5. The average Bonchev–Trinajstić information content (AvgIpc) is 2.48. The summed E-state index contributed by atoms with van der Waals surface area (Å²) in [7, 11) is -3.32. The summed E-state index contributed by atoms with van der Waals surface area (Å²) < 4.78 is 23.2. The molecule has 0 amide bonds. The van der Waals surface area contributed by atoms with Crippen molar-refractivity contribution in [3.05, 3.63) is 60.2 Å². The quantitative estimate of drug-likeness (QED) is 0.536.